The molecule has 0 bridgehead atoms. The maximum Gasteiger partial charge on any atom is 0.195 e. The number of aromatic amines is 1. The van der Waals surface area contributed by atoms with Gasteiger partial charge in [0.25, 0.3) is 0 Å². The van der Waals surface area contributed by atoms with Crippen molar-refractivity contribution in [2.75, 3.05) is 0 Å². The minimum Gasteiger partial charge on any atom is -0.296 e. The molecule has 0 spiro atoms. The van der Waals surface area contributed by atoms with Crippen LogP contribution >= 0.6 is 28.1 Å². The molecule has 2 aromatic heterocycles. The summed E-state index contributed by atoms with van der Waals surface area (Å²) in [6, 6.07) is 5.97. The van der Waals surface area contributed by atoms with Crippen LogP contribution in [0.3, 0.4) is 0 Å². The molecule has 0 aliphatic rings. The van der Waals surface area contributed by atoms with Gasteiger partial charge in [0.1, 0.15) is 10.3 Å². The Morgan fingerprint density at radius 1 is 1.44 bits per heavy atom. The molecule has 2 heterocycles. The molecular weight excluding hydrogens is 288 g/mol. The lowest BCUT2D eigenvalue weighted by Crippen LogP contribution is -2.04. The highest BCUT2D eigenvalue weighted by molar-refractivity contribution is 9.10. The number of halogens is 1. The van der Waals surface area contributed by atoms with Crippen LogP contribution in [0, 0.1) is 4.77 Å². The van der Waals surface area contributed by atoms with Crippen molar-refractivity contribution in [1.82, 2.24) is 19.7 Å². The molecule has 0 aliphatic carbocycles. The van der Waals surface area contributed by atoms with Gasteiger partial charge in [0.2, 0.25) is 0 Å². The van der Waals surface area contributed by atoms with Gasteiger partial charge in [-0.1, -0.05) is 6.07 Å². The van der Waals surface area contributed by atoms with Crippen LogP contribution in [0.25, 0.3) is 11.5 Å². The van der Waals surface area contributed by atoms with Crippen LogP contribution in [0.5, 0.6) is 0 Å². The molecule has 2 aromatic rings. The first-order valence-electron chi connectivity index (χ1n) is 4.89. The van der Waals surface area contributed by atoms with E-state index in [1.54, 1.807) is 0 Å². The van der Waals surface area contributed by atoms with Crippen molar-refractivity contribution in [2.45, 2.75) is 19.9 Å². The summed E-state index contributed by atoms with van der Waals surface area (Å²) in [5, 5.41) is 7.01. The zero-order valence-corrected chi connectivity index (χ0v) is 11.3. The van der Waals surface area contributed by atoms with Gasteiger partial charge in [0.15, 0.2) is 10.6 Å². The van der Waals surface area contributed by atoms with Crippen molar-refractivity contribution < 1.29 is 0 Å². The van der Waals surface area contributed by atoms with E-state index in [1.165, 1.54) is 0 Å². The second-order valence-corrected chi connectivity index (χ2v) is 4.86. The first kappa shape index (κ1) is 11.5. The van der Waals surface area contributed by atoms with Crippen LogP contribution in [0.4, 0.5) is 0 Å². The maximum atomic E-state index is 5.19. The topological polar surface area (TPSA) is 46.5 Å². The second kappa shape index (κ2) is 4.47. The van der Waals surface area contributed by atoms with Gasteiger partial charge in [0.05, 0.1) is 0 Å². The van der Waals surface area contributed by atoms with Crippen molar-refractivity contribution in [1.29, 1.82) is 0 Å². The molecule has 2 rings (SSSR count). The van der Waals surface area contributed by atoms with E-state index in [-0.39, 0.29) is 6.04 Å². The van der Waals surface area contributed by atoms with Gasteiger partial charge in [-0.25, -0.2) is 4.98 Å². The van der Waals surface area contributed by atoms with Gasteiger partial charge in [-0.05, 0) is 54.1 Å². The number of pyridine rings is 1. The van der Waals surface area contributed by atoms with E-state index in [2.05, 4.69) is 45.0 Å². The molecule has 0 aromatic carbocycles. The Morgan fingerprint density at radius 2 is 2.19 bits per heavy atom. The van der Waals surface area contributed by atoms with Gasteiger partial charge >= 0.3 is 0 Å². The predicted molar refractivity (Wildman–Crippen MR) is 68.7 cm³/mol. The molecule has 6 heteroatoms. The highest BCUT2D eigenvalue weighted by atomic mass is 79.9. The van der Waals surface area contributed by atoms with E-state index in [0.29, 0.717) is 4.77 Å². The van der Waals surface area contributed by atoms with E-state index < -0.39 is 0 Å². The van der Waals surface area contributed by atoms with E-state index in [9.17, 15) is 0 Å². The Morgan fingerprint density at radius 3 is 2.81 bits per heavy atom. The normalized spacial score (nSPS) is 11.0. The molecule has 0 fully saturated rings. The fourth-order valence-corrected chi connectivity index (χ4v) is 2.18. The zero-order valence-electron chi connectivity index (χ0n) is 8.94. The second-order valence-electron chi connectivity index (χ2n) is 3.66. The summed E-state index contributed by atoms with van der Waals surface area (Å²) in [6.07, 6.45) is 0. The average molecular weight is 299 g/mol. The predicted octanol–water partition coefficient (Wildman–Crippen LogP) is 3.35. The lowest BCUT2D eigenvalue weighted by molar-refractivity contribution is 0.596. The van der Waals surface area contributed by atoms with Crippen LogP contribution in [-0.4, -0.2) is 19.7 Å². The Bertz CT molecular complexity index is 558. The summed E-state index contributed by atoms with van der Waals surface area (Å²) < 4.78 is 3.35. The maximum absolute atomic E-state index is 5.19. The fourth-order valence-electron chi connectivity index (χ4n) is 1.50. The molecule has 0 atom stereocenters. The van der Waals surface area contributed by atoms with Crippen molar-refractivity contribution >= 4 is 28.1 Å². The molecule has 1 N–H and O–H groups in total. The van der Waals surface area contributed by atoms with Gasteiger partial charge < -0.3 is 0 Å². The largest absolute Gasteiger partial charge is 0.296 e. The Labute approximate surface area is 107 Å². The Balaban J connectivity index is 2.61. The quantitative estimate of drug-likeness (QED) is 0.683. The summed E-state index contributed by atoms with van der Waals surface area (Å²) in [6.45, 7) is 4.12. The molecular formula is C10H11BrN4S. The molecule has 0 aliphatic heterocycles. The minimum absolute atomic E-state index is 0.252. The van der Waals surface area contributed by atoms with Gasteiger partial charge in [-0.2, -0.15) is 5.10 Å². The number of hydrogen-bond acceptors (Lipinski definition) is 3. The van der Waals surface area contributed by atoms with Gasteiger partial charge in [-0.3, -0.25) is 9.67 Å². The lowest BCUT2D eigenvalue weighted by atomic mass is 10.3. The average Bonchev–Trinajstić information content (AvgIpc) is 2.60. The summed E-state index contributed by atoms with van der Waals surface area (Å²) in [5.41, 5.74) is 0.801. The third-order valence-corrected chi connectivity index (χ3v) is 2.89. The first-order valence-corrected chi connectivity index (χ1v) is 6.09. The summed E-state index contributed by atoms with van der Waals surface area (Å²) in [5.74, 6) is 0.765. The summed E-state index contributed by atoms with van der Waals surface area (Å²) in [7, 11) is 0. The Kier molecular flexibility index (Phi) is 3.20. The summed E-state index contributed by atoms with van der Waals surface area (Å²) >= 11 is 8.53. The molecule has 0 radical (unpaired) electrons. The molecule has 84 valence electrons. The molecule has 0 saturated heterocycles. The van der Waals surface area contributed by atoms with Gasteiger partial charge in [-0.15, -0.1) is 0 Å². The van der Waals surface area contributed by atoms with E-state index >= 15 is 0 Å². The number of aromatic nitrogens is 4. The number of nitrogens with zero attached hydrogens (tertiary/aromatic N) is 3. The SMILES string of the molecule is CC(C)n1c(-c2cccc(Br)n2)n[nH]c1=S. The molecule has 0 amide bonds. The van der Waals surface area contributed by atoms with Crippen LogP contribution in [0.15, 0.2) is 22.8 Å². The molecule has 0 unspecified atom stereocenters. The fraction of sp³-hybridized carbons (Fsp3) is 0.300. The van der Waals surface area contributed by atoms with E-state index in [1.807, 2.05) is 22.8 Å². The highest BCUT2D eigenvalue weighted by Crippen LogP contribution is 2.20. The third-order valence-electron chi connectivity index (χ3n) is 2.17. The van der Waals surface area contributed by atoms with E-state index in [4.69, 9.17) is 12.2 Å². The third kappa shape index (κ3) is 2.08. The smallest absolute Gasteiger partial charge is 0.195 e. The van der Waals surface area contributed by atoms with E-state index in [0.717, 1.165) is 16.1 Å². The highest BCUT2D eigenvalue weighted by Gasteiger charge is 2.12. The molecule has 0 saturated carbocycles. The van der Waals surface area contributed by atoms with Crippen LogP contribution < -0.4 is 0 Å². The molecule has 16 heavy (non-hydrogen) atoms. The van der Waals surface area contributed by atoms with Crippen molar-refractivity contribution in [2.24, 2.45) is 0 Å². The van der Waals surface area contributed by atoms with Gasteiger partial charge in [0, 0.05) is 6.04 Å². The number of hydrogen-bond donors (Lipinski definition) is 1. The first-order chi connectivity index (χ1) is 7.59. The lowest BCUT2D eigenvalue weighted by Gasteiger charge is -2.09. The number of H-pyrrole nitrogens is 1. The van der Waals surface area contributed by atoms with Crippen LogP contribution in [0.1, 0.15) is 19.9 Å². The van der Waals surface area contributed by atoms with Crippen LogP contribution in [0.2, 0.25) is 0 Å². The van der Waals surface area contributed by atoms with Crippen molar-refractivity contribution in [3.63, 3.8) is 0 Å². The number of nitrogens with one attached hydrogen (secondary N) is 1. The summed E-state index contributed by atoms with van der Waals surface area (Å²) in [4.78, 5) is 4.37. The minimum atomic E-state index is 0.252. The Hall–Kier alpha value is -1.01. The standard InChI is InChI=1S/C10H11BrN4S/c1-6(2)15-9(13-14-10(15)16)7-4-3-5-8(11)12-7/h3-6H,1-2H3,(H,14,16). The van der Waals surface area contributed by atoms with Crippen molar-refractivity contribution in [3.8, 4) is 11.5 Å². The zero-order chi connectivity index (χ0) is 11.7. The molecule has 4 nitrogen and oxygen atoms in total. The monoisotopic (exact) mass is 298 g/mol. The number of rotatable bonds is 2. The van der Waals surface area contributed by atoms with Crippen LogP contribution in [-0.2, 0) is 0 Å². The van der Waals surface area contributed by atoms with Crippen molar-refractivity contribution in [3.05, 3.63) is 27.6 Å².